The predicted octanol–water partition coefficient (Wildman–Crippen LogP) is 1.31. The average molecular weight is 378 g/mol. The lowest BCUT2D eigenvalue weighted by Gasteiger charge is -2.16. The molecule has 0 fully saturated rings. The van der Waals surface area contributed by atoms with Gasteiger partial charge in [-0.25, -0.2) is 13.6 Å². The standard InChI is InChI=1S/C16H18N4O5S/c1-19(10-12-5-2-3-8-15(12)20(22)23)11-16(21)18-13-6-4-7-14(9-13)26(17,24)25/h2-9H,10-11H2,1H3,(H,18,21)(H2,17,24,25). The number of primary sulfonamides is 1. The van der Waals surface area contributed by atoms with Crippen LogP contribution in [0.5, 0.6) is 0 Å². The zero-order valence-electron chi connectivity index (χ0n) is 14.0. The van der Waals surface area contributed by atoms with Crippen LogP contribution in [0.15, 0.2) is 53.4 Å². The van der Waals surface area contributed by atoms with Crippen molar-refractivity contribution < 1.29 is 18.1 Å². The van der Waals surface area contributed by atoms with Crippen molar-refractivity contribution in [1.29, 1.82) is 0 Å². The number of carbonyl (C=O) groups excluding carboxylic acids is 1. The largest absolute Gasteiger partial charge is 0.325 e. The number of amides is 1. The van der Waals surface area contributed by atoms with Gasteiger partial charge in [0.1, 0.15) is 0 Å². The fraction of sp³-hybridized carbons (Fsp3) is 0.188. The summed E-state index contributed by atoms with van der Waals surface area (Å²) in [6.07, 6.45) is 0. The van der Waals surface area contributed by atoms with Gasteiger partial charge in [-0.1, -0.05) is 24.3 Å². The second-order valence-electron chi connectivity index (χ2n) is 5.68. The van der Waals surface area contributed by atoms with Crippen LogP contribution in [0, 0.1) is 10.1 Å². The molecule has 0 bridgehead atoms. The molecule has 1 amide bonds. The number of sulfonamides is 1. The van der Waals surface area contributed by atoms with E-state index >= 15 is 0 Å². The average Bonchev–Trinajstić information content (AvgIpc) is 2.54. The molecule has 10 heteroatoms. The van der Waals surface area contributed by atoms with Crippen LogP contribution in [0.1, 0.15) is 5.56 Å². The summed E-state index contributed by atoms with van der Waals surface area (Å²) in [5.74, 6) is -0.391. The van der Waals surface area contributed by atoms with Gasteiger partial charge in [-0.15, -0.1) is 0 Å². The number of nitrogens with zero attached hydrogens (tertiary/aromatic N) is 2. The van der Waals surface area contributed by atoms with Crippen molar-refractivity contribution >= 4 is 27.3 Å². The van der Waals surface area contributed by atoms with Crippen molar-refractivity contribution in [3.05, 3.63) is 64.2 Å². The smallest absolute Gasteiger partial charge is 0.273 e. The van der Waals surface area contributed by atoms with E-state index < -0.39 is 20.9 Å². The first-order valence-electron chi connectivity index (χ1n) is 7.50. The Balaban J connectivity index is 2.01. The van der Waals surface area contributed by atoms with Gasteiger partial charge in [0, 0.05) is 23.9 Å². The van der Waals surface area contributed by atoms with E-state index in [2.05, 4.69) is 5.32 Å². The molecule has 0 radical (unpaired) electrons. The van der Waals surface area contributed by atoms with E-state index in [1.807, 2.05) is 0 Å². The van der Waals surface area contributed by atoms with Crippen LogP contribution in [0.4, 0.5) is 11.4 Å². The maximum absolute atomic E-state index is 12.1. The van der Waals surface area contributed by atoms with E-state index in [0.29, 0.717) is 11.3 Å². The van der Waals surface area contributed by atoms with E-state index in [-0.39, 0.29) is 23.7 Å². The number of rotatable bonds is 7. The molecule has 138 valence electrons. The highest BCUT2D eigenvalue weighted by Gasteiger charge is 2.16. The van der Waals surface area contributed by atoms with Gasteiger partial charge in [-0.2, -0.15) is 0 Å². The lowest BCUT2D eigenvalue weighted by atomic mass is 10.1. The monoisotopic (exact) mass is 378 g/mol. The molecule has 0 aliphatic carbocycles. The Labute approximate surface area is 150 Å². The zero-order valence-corrected chi connectivity index (χ0v) is 14.8. The molecular weight excluding hydrogens is 360 g/mol. The normalized spacial score (nSPS) is 11.3. The van der Waals surface area contributed by atoms with Gasteiger partial charge in [0.05, 0.1) is 16.4 Å². The Hall–Kier alpha value is -2.82. The minimum atomic E-state index is -3.86. The van der Waals surface area contributed by atoms with Gasteiger partial charge in [0.25, 0.3) is 5.69 Å². The van der Waals surface area contributed by atoms with Gasteiger partial charge in [0.2, 0.25) is 15.9 Å². The number of nitrogens with one attached hydrogen (secondary N) is 1. The van der Waals surface area contributed by atoms with Crippen LogP contribution in [0.3, 0.4) is 0 Å². The number of para-hydroxylation sites is 1. The minimum Gasteiger partial charge on any atom is -0.325 e. The molecule has 0 aliphatic heterocycles. The van der Waals surface area contributed by atoms with Crippen molar-refractivity contribution in [1.82, 2.24) is 4.90 Å². The Morgan fingerprint density at radius 1 is 1.23 bits per heavy atom. The lowest BCUT2D eigenvalue weighted by Crippen LogP contribution is -2.30. The third-order valence-corrected chi connectivity index (χ3v) is 4.40. The summed E-state index contributed by atoms with van der Waals surface area (Å²) in [5, 5.41) is 18.7. The molecule has 0 spiro atoms. The van der Waals surface area contributed by atoms with Crippen LogP contribution < -0.4 is 10.5 Å². The number of nitro groups is 1. The highest BCUT2D eigenvalue weighted by atomic mass is 32.2. The van der Waals surface area contributed by atoms with Crippen LogP contribution in [-0.4, -0.2) is 37.7 Å². The summed E-state index contributed by atoms with van der Waals surface area (Å²) in [5.41, 5.74) is 0.769. The van der Waals surface area contributed by atoms with Crippen molar-refractivity contribution in [3.63, 3.8) is 0 Å². The number of hydrogen-bond donors (Lipinski definition) is 2. The summed E-state index contributed by atoms with van der Waals surface area (Å²) in [4.78, 5) is 24.2. The molecule has 0 heterocycles. The van der Waals surface area contributed by atoms with E-state index in [4.69, 9.17) is 5.14 Å². The van der Waals surface area contributed by atoms with Crippen LogP contribution in [0.2, 0.25) is 0 Å². The maximum atomic E-state index is 12.1. The molecule has 26 heavy (non-hydrogen) atoms. The van der Waals surface area contributed by atoms with Crippen molar-refractivity contribution in [3.8, 4) is 0 Å². The van der Waals surface area contributed by atoms with Crippen LogP contribution in [-0.2, 0) is 21.4 Å². The SMILES string of the molecule is CN(CC(=O)Nc1cccc(S(N)(=O)=O)c1)Cc1ccccc1[N+](=O)[O-]. The molecule has 0 atom stereocenters. The van der Waals surface area contributed by atoms with Gasteiger partial charge >= 0.3 is 0 Å². The fourth-order valence-electron chi connectivity index (χ4n) is 2.37. The summed E-state index contributed by atoms with van der Waals surface area (Å²) < 4.78 is 22.7. The number of anilines is 1. The van der Waals surface area contributed by atoms with Crippen molar-refractivity contribution in [2.24, 2.45) is 5.14 Å². The Morgan fingerprint density at radius 3 is 2.58 bits per heavy atom. The Morgan fingerprint density at radius 2 is 1.92 bits per heavy atom. The van der Waals surface area contributed by atoms with Crippen molar-refractivity contribution in [2.75, 3.05) is 18.9 Å². The first kappa shape index (κ1) is 19.5. The molecule has 0 aromatic heterocycles. The molecular formula is C16H18N4O5S. The fourth-order valence-corrected chi connectivity index (χ4v) is 2.93. The zero-order chi connectivity index (χ0) is 19.3. The second kappa shape index (κ2) is 8.04. The number of carbonyl (C=O) groups is 1. The minimum absolute atomic E-state index is 0.0133. The Kier molecular flexibility index (Phi) is 6.03. The van der Waals surface area contributed by atoms with Gasteiger partial charge in [-0.05, 0) is 25.2 Å². The molecule has 9 nitrogen and oxygen atoms in total. The molecule has 0 aliphatic rings. The van der Waals surface area contributed by atoms with Gasteiger partial charge < -0.3 is 5.32 Å². The summed E-state index contributed by atoms with van der Waals surface area (Å²) in [6, 6.07) is 11.9. The maximum Gasteiger partial charge on any atom is 0.273 e. The van der Waals surface area contributed by atoms with E-state index in [0.717, 1.165) is 0 Å². The first-order chi connectivity index (χ1) is 12.2. The number of likely N-dealkylation sites (N-methyl/N-ethyl adjacent to an activating group) is 1. The Bertz CT molecular complexity index is 930. The third-order valence-electron chi connectivity index (χ3n) is 3.49. The molecule has 2 rings (SSSR count). The molecule has 0 saturated heterocycles. The van der Waals surface area contributed by atoms with Crippen LogP contribution >= 0.6 is 0 Å². The highest BCUT2D eigenvalue weighted by Crippen LogP contribution is 2.19. The van der Waals surface area contributed by atoms with Gasteiger partial charge in [0.15, 0.2) is 0 Å². The number of nitro benzene ring substituents is 1. The third kappa shape index (κ3) is 5.34. The summed E-state index contributed by atoms with van der Waals surface area (Å²) >= 11 is 0. The lowest BCUT2D eigenvalue weighted by molar-refractivity contribution is -0.385. The summed E-state index contributed by atoms with van der Waals surface area (Å²) in [6.45, 7) is 0.174. The van der Waals surface area contributed by atoms with Gasteiger partial charge in [-0.3, -0.25) is 19.8 Å². The molecule has 0 unspecified atom stereocenters. The quantitative estimate of drug-likeness (QED) is 0.551. The number of hydrogen-bond acceptors (Lipinski definition) is 6. The molecule has 0 saturated carbocycles. The van der Waals surface area contributed by atoms with E-state index in [9.17, 15) is 23.3 Å². The first-order valence-corrected chi connectivity index (χ1v) is 9.05. The van der Waals surface area contributed by atoms with E-state index in [1.54, 1.807) is 30.1 Å². The topological polar surface area (TPSA) is 136 Å². The summed E-state index contributed by atoms with van der Waals surface area (Å²) in [7, 11) is -2.21. The molecule has 3 N–H and O–H groups in total. The van der Waals surface area contributed by atoms with E-state index in [1.165, 1.54) is 30.3 Å². The van der Waals surface area contributed by atoms with Crippen LogP contribution in [0.25, 0.3) is 0 Å². The highest BCUT2D eigenvalue weighted by molar-refractivity contribution is 7.89. The number of nitrogens with two attached hydrogens (primary N) is 1. The molecule has 2 aromatic carbocycles. The predicted molar refractivity (Wildman–Crippen MR) is 95.9 cm³/mol. The molecule has 2 aromatic rings. The number of benzene rings is 2. The van der Waals surface area contributed by atoms with Crippen molar-refractivity contribution in [2.45, 2.75) is 11.4 Å². The second-order valence-corrected chi connectivity index (χ2v) is 7.24.